The van der Waals surface area contributed by atoms with Gasteiger partial charge in [0.15, 0.2) is 0 Å². The molecule has 3 rings (SSSR count). The van der Waals surface area contributed by atoms with Gasteiger partial charge < -0.3 is 15.0 Å². The number of nitrogens with one attached hydrogen (secondary N) is 1. The van der Waals surface area contributed by atoms with Crippen molar-refractivity contribution in [2.75, 3.05) is 30.4 Å². The first kappa shape index (κ1) is 13.4. The molecule has 2 aliphatic rings. The molecule has 0 amide bonds. The van der Waals surface area contributed by atoms with E-state index in [9.17, 15) is 13.2 Å². The molecule has 5 nitrogen and oxygen atoms in total. The van der Waals surface area contributed by atoms with Crippen molar-refractivity contribution in [2.45, 2.75) is 31.2 Å². The number of aromatic nitrogens is 2. The second-order valence-electron chi connectivity index (χ2n) is 5.05. The summed E-state index contributed by atoms with van der Waals surface area (Å²) in [4.78, 5) is 8.98. The van der Waals surface area contributed by atoms with Gasteiger partial charge in [0.05, 0.1) is 12.2 Å². The van der Waals surface area contributed by atoms with E-state index < -0.39 is 12.0 Å². The first-order chi connectivity index (χ1) is 9.45. The molecule has 8 heteroatoms. The minimum atomic E-state index is -4.55. The number of hydrogen-bond acceptors (Lipinski definition) is 5. The average molecular weight is 288 g/mol. The van der Waals surface area contributed by atoms with E-state index in [4.69, 9.17) is 4.74 Å². The third kappa shape index (κ3) is 2.52. The van der Waals surface area contributed by atoms with E-state index in [0.717, 1.165) is 12.8 Å². The Morgan fingerprint density at radius 2 is 1.90 bits per heavy atom. The van der Waals surface area contributed by atoms with E-state index in [0.29, 0.717) is 18.9 Å². The Balaban J connectivity index is 1.92. The van der Waals surface area contributed by atoms with Gasteiger partial charge >= 0.3 is 6.18 Å². The summed E-state index contributed by atoms with van der Waals surface area (Å²) in [7, 11) is 1.54. The lowest BCUT2D eigenvalue weighted by Crippen LogP contribution is -2.43. The van der Waals surface area contributed by atoms with Crippen LogP contribution in [-0.4, -0.2) is 42.3 Å². The van der Waals surface area contributed by atoms with Crippen molar-refractivity contribution in [3.8, 4) is 0 Å². The van der Waals surface area contributed by atoms with Crippen molar-refractivity contribution < 1.29 is 17.9 Å². The minimum absolute atomic E-state index is 0.0936. The highest BCUT2D eigenvalue weighted by atomic mass is 19.4. The molecule has 0 aliphatic carbocycles. The molecule has 110 valence electrons. The maximum absolute atomic E-state index is 12.8. The van der Waals surface area contributed by atoms with Crippen molar-refractivity contribution in [2.24, 2.45) is 0 Å². The van der Waals surface area contributed by atoms with Crippen LogP contribution in [0.2, 0.25) is 0 Å². The fourth-order valence-corrected chi connectivity index (χ4v) is 2.65. The Morgan fingerprint density at radius 1 is 1.25 bits per heavy atom. The number of nitrogens with zero attached hydrogens (tertiary/aromatic N) is 3. The van der Waals surface area contributed by atoms with Crippen molar-refractivity contribution in [3.05, 3.63) is 11.9 Å². The molecule has 2 bridgehead atoms. The standard InChI is InChI=1S/C12H15F3N4O/c1-16-9-4-10(18-11(17-9)12(13,14)15)19-5-7-2-3-8(6-19)20-7/h4,7-8H,2-3,5-6H2,1H3,(H,16,17,18). The van der Waals surface area contributed by atoms with Crippen LogP contribution in [0.5, 0.6) is 0 Å². The van der Waals surface area contributed by atoms with Crippen LogP contribution in [0.4, 0.5) is 24.8 Å². The third-order valence-corrected chi connectivity index (χ3v) is 3.59. The smallest absolute Gasteiger partial charge is 0.373 e. The van der Waals surface area contributed by atoms with Gasteiger partial charge in [-0.2, -0.15) is 13.2 Å². The van der Waals surface area contributed by atoms with E-state index in [1.54, 1.807) is 6.07 Å². The Morgan fingerprint density at radius 3 is 2.45 bits per heavy atom. The molecule has 1 N–H and O–H groups in total. The van der Waals surface area contributed by atoms with Gasteiger partial charge in [0.1, 0.15) is 11.6 Å². The van der Waals surface area contributed by atoms with Gasteiger partial charge in [0.25, 0.3) is 0 Å². The molecular formula is C12H15F3N4O. The van der Waals surface area contributed by atoms with Crippen LogP contribution >= 0.6 is 0 Å². The van der Waals surface area contributed by atoms with Gasteiger partial charge in [-0.15, -0.1) is 0 Å². The zero-order chi connectivity index (χ0) is 14.3. The summed E-state index contributed by atoms with van der Waals surface area (Å²) in [6.45, 7) is 1.15. The number of morpholine rings is 1. The van der Waals surface area contributed by atoms with Crippen LogP contribution in [0, 0.1) is 0 Å². The maximum Gasteiger partial charge on any atom is 0.451 e. The topological polar surface area (TPSA) is 50.3 Å². The summed E-state index contributed by atoms with van der Waals surface area (Å²) in [5.74, 6) is -0.642. The lowest BCUT2D eigenvalue weighted by atomic mass is 10.2. The van der Waals surface area contributed by atoms with E-state index in [-0.39, 0.29) is 18.0 Å². The quantitative estimate of drug-likeness (QED) is 0.901. The Labute approximate surface area is 114 Å². The van der Waals surface area contributed by atoms with Crippen molar-refractivity contribution in [3.63, 3.8) is 0 Å². The summed E-state index contributed by atoms with van der Waals surface area (Å²) in [6.07, 6.45) is -2.45. The third-order valence-electron chi connectivity index (χ3n) is 3.59. The second-order valence-corrected chi connectivity index (χ2v) is 5.05. The zero-order valence-corrected chi connectivity index (χ0v) is 10.9. The van der Waals surface area contributed by atoms with Crippen LogP contribution in [-0.2, 0) is 10.9 Å². The summed E-state index contributed by atoms with van der Waals surface area (Å²) >= 11 is 0. The Bertz CT molecular complexity index is 496. The van der Waals surface area contributed by atoms with Crippen LogP contribution in [0.15, 0.2) is 6.07 Å². The molecule has 2 fully saturated rings. The summed E-state index contributed by atoms with van der Waals surface area (Å²) < 4.78 is 44.1. The Kier molecular flexibility index (Phi) is 3.19. The molecule has 1 aromatic rings. The molecule has 2 aliphatic heterocycles. The van der Waals surface area contributed by atoms with E-state index in [1.807, 2.05) is 4.90 Å². The Hall–Kier alpha value is -1.57. The lowest BCUT2D eigenvalue weighted by Gasteiger charge is -2.33. The van der Waals surface area contributed by atoms with E-state index in [1.165, 1.54) is 7.05 Å². The average Bonchev–Trinajstić information content (AvgIpc) is 2.76. The van der Waals surface area contributed by atoms with Gasteiger partial charge in [-0.25, -0.2) is 9.97 Å². The van der Waals surface area contributed by atoms with Crippen LogP contribution in [0.25, 0.3) is 0 Å². The molecule has 3 heterocycles. The first-order valence-corrected chi connectivity index (χ1v) is 6.50. The van der Waals surface area contributed by atoms with Gasteiger partial charge in [0, 0.05) is 26.2 Å². The fourth-order valence-electron chi connectivity index (χ4n) is 2.65. The predicted molar refractivity (Wildman–Crippen MR) is 66.7 cm³/mol. The van der Waals surface area contributed by atoms with Crippen molar-refractivity contribution in [1.29, 1.82) is 0 Å². The van der Waals surface area contributed by atoms with Crippen LogP contribution < -0.4 is 10.2 Å². The number of alkyl halides is 3. The van der Waals surface area contributed by atoms with Gasteiger partial charge in [0.2, 0.25) is 5.82 Å². The number of halogens is 3. The van der Waals surface area contributed by atoms with Crippen molar-refractivity contribution in [1.82, 2.24) is 9.97 Å². The molecule has 0 aromatic carbocycles. The number of hydrogen-bond donors (Lipinski definition) is 1. The van der Waals surface area contributed by atoms with E-state index >= 15 is 0 Å². The molecule has 1 aromatic heterocycles. The molecule has 2 unspecified atom stereocenters. The molecule has 0 saturated carbocycles. The summed E-state index contributed by atoms with van der Waals surface area (Å²) in [5, 5.41) is 2.65. The maximum atomic E-state index is 12.8. The van der Waals surface area contributed by atoms with Crippen LogP contribution in [0.1, 0.15) is 18.7 Å². The number of fused-ring (bicyclic) bond motifs is 2. The highest BCUT2D eigenvalue weighted by Crippen LogP contribution is 2.32. The largest absolute Gasteiger partial charge is 0.451 e. The van der Waals surface area contributed by atoms with Crippen LogP contribution in [0.3, 0.4) is 0 Å². The number of ether oxygens (including phenoxy) is 1. The van der Waals surface area contributed by atoms with E-state index in [2.05, 4.69) is 15.3 Å². The molecule has 2 atom stereocenters. The summed E-state index contributed by atoms with van der Waals surface area (Å²) in [5.41, 5.74) is 0. The molecule has 0 spiro atoms. The number of rotatable bonds is 2. The molecule has 2 saturated heterocycles. The van der Waals surface area contributed by atoms with Gasteiger partial charge in [-0.1, -0.05) is 0 Å². The van der Waals surface area contributed by atoms with Crippen molar-refractivity contribution >= 4 is 11.6 Å². The molecular weight excluding hydrogens is 273 g/mol. The minimum Gasteiger partial charge on any atom is -0.373 e. The summed E-state index contributed by atoms with van der Waals surface area (Å²) in [6, 6.07) is 1.54. The molecule has 20 heavy (non-hydrogen) atoms. The van der Waals surface area contributed by atoms with Gasteiger partial charge in [-0.3, -0.25) is 0 Å². The van der Waals surface area contributed by atoms with Gasteiger partial charge in [-0.05, 0) is 12.8 Å². The first-order valence-electron chi connectivity index (χ1n) is 6.50. The SMILES string of the molecule is CNc1cc(N2CC3CCC(C2)O3)nc(C(F)(F)F)n1. The number of anilines is 2. The zero-order valence-electron chi connectivity index (χ0n) is 10.9. The lowest BCUT2D eigenvalue weighted by molar-refractivity contribution is -0.144. The highest BCUT2D eigenvalue weighted by molar-refractivity contribution is 5.50. The normalized spacial score (nSPS) is 25.9. The predicted octanol–water partition coefficient (Wildman–Crippen LogP) is 1.90. The second kappa shape index (κ2) is 4.76. The highest BCUT2D eigenvalue weighted by Gasteiger charge is 2.38. The molecule has 0 radical (unpaired) electrons. The fraction of sp³-hybridized carbons (Fsp3) is 0.667. The monoisotopic (exact) mass is 288 g/mol.